The molecule has 0 spiro atoms. The molecule has 3 aromatic rings. The Morgan fingerprint density at radius 2 is 1.83 bits per heavy atom. The fourth-order valence-corrected chi connectivity index (χ4v) is 4.00. The Bertz CT molecular complexity index is 1180. The molecule has 3 aromatic carbocycles. The van der Waals surface area contributed by atoms with Gasteiger partial charge in [-0.15, -0.1) is 0 Å². The Kier molecular flexibility index (Phi) is 9.33. The number of hydrogen-bond acceptors (Lipinski definition) is 6. The summed E-state index contributed by atoms with van der Waals surface area (Å²) in [7, 11) is 0. The van der Waals surface area contributed by atoms with Gasteiger partial charge in [-0.2, -0.15) is 5.10 Å². The Balaban J connectivity index is 1.32. The Labute approximate surface area is 216 Å². The molecule has 1 amide bonds. The van der Waals surface area contributed by atoms with Gasteiger partial charge < -0.3 is 14.2 Å². The van der Waals surface area contributed by atoms with Gasteiger partial charge in [-0.05, 0) is 66.1 Å². The fourth-order valence-electron chi connectivity index (χ4n) is 3.79. The molecule has 0 atom stereocenters. The quantitative estimate of drug-likeness (QED) is 0.312. The highest BCUT2D eigenvalue weighted by Gasteiger charge is 2.11. The number of hydrogen-bond donors (Lipinski definition) is 1. The second-order valence-corrected chi connectivity index (χ2v) is 8.78. The van der Waals surface area contributed by atoms with Gasteiger partial charge in [-0.25, -0.2) is 5.43 Å². The molecule has 1 aliphatic rings. The lowest BCUT2D eigenvalue weighted by atomic mass is 10.1. The van der Waals surface area contributed by atoms with E-state index < -0.39 is 0 Å². The fraction of sp³-hybridized carbons (Fsp3) is 0.286. The lowest BCUT2D eigenvalue weighted by molar-refractivity contribution is 0.0342. The maximum Gasteiger partial charge on any atom is 0.271 e. The summed E-state index contributed by atoms with van der Waals surface area (Å²) in [5.41, 5.74) is 6.04. The maximum atomic E-state index is 12.5. The Morgan fingerprint density at radius 1 is 1.03 bits per heavy atom. The number of benzene rings is 3. The Hall–Kier alpha value is -3.39. The van der Waals surface area contributed by atoms with Gasteiger partial charge in [0.05, 0.1) is 26.0 Å². The van der Waals surface area contributed by atoms with Crippen LogP contribution >= 0.6 is 11.6 Å². The molecule has 1 aliphatic heterocycles. The lowest BCUT2D eigenvalue weighted by Crippen LogP contribution is -2.35. The molecule has 0 aromatic heterocycles. The van der Waals surface area contributed by atoms with Crippen molar-refractivity contribution in [2.24, 2.45) is 5.10 Å². The third kappa shape index (κ3) is 7.55. The van der Waals surface area contributed by atoms with E-state index in [2.05, 4.69) is 15.4 Å². The lowest BCUT2D eigenvalue weighted by Gasteiger charge is -2.26. The summed E-state index contributed by atoms with van der Waals surface area (Å²) in [6.07, 6.45) is 1.58. The molecule has 0 saturated carbocycles. The minimum Gasteiger partial charge on any atom is -0.490 e. The number of carbonyl (C=O) groups excluding carboxylic acids is 1. The molecule has 1 saturated heterocycles. The zero-order chi connectivity index (χ0) is 25.2. The number of amides is 1. The third-order valence-electron chi connectivity index (χ3n) is 5.66. The van der Waals surface area contributed by atoms with Gasteiger partial charge in [0, 0.05) is 30.2 Å². The van der Waals surface area contributed by atoms with Crippen molar-refractivity contribution in [1.82, 2.24) is 10.3 Å². The predicted octanol–water partition coefficient (Wildman–Crippen LogP) is 4.91. The minimum absolute atomic E-state index is 0.268. The van der Waals surface area contributed by atoms with Crippen molar-refractivity contribution >= 4 is 23.7 Å². The van der Waals surface area contributed by atoms with Crippen molar-refractivity contribution in [2.45, 2.75) is 20.1 Å². The third-order valence-corrected chi connectivity index (χ3v) is 5.89. The first-order valence-electron chi connectivity index (χ1n) is 12.0. The van der Waals surface area contributed by atoms with Crippen molar-refractivity contribution in [2.75, 3.05) is 32.9 Å². The van der Waals surface area contributed by atoms with E-state index in [0.29, 0.717) is 35.3 Å². The zero-order valence-corrected chi connectivity index (χ0v) is 21.0. The van der Waals surface area contributed by atoms with Crippen molar-refractivity contribution < 1.29 is 19.0 Å². The summed E-state index contributed by atoms with van der Waals surface area (Å²) >= 11 is 6.05. The van der Waals surface area contributed by atoms with Crippen LogP contribution in [-0.2, 0) is 17.9 Å². The highest BCUT2D eigenvalue weighted by Crippen LogP contribution is 2.29. The van der Waals surface area contributed by atoms with E-state index >= 15 is 0 Å². The van der Waals surface area contributed by atoms with Gasteiger partial charge in [-0.3, -0.25) is 9.69 Å². The second kappa shape index (κ2) is 13.1. The van der Waals surface area contributed by atoms with Crippen LogP contribution in [0, 0.1) is 0 Å². The number of morpholine rings is 1. The number of nitrogens with one attached hydrogen (secondary N) is 1. The molecule has 0 radical (unpaired) electrons. The van der Waals surface area contributed by atoms with Gasteiger partial charge in [0.15, 0.2) is 11.5 Å². The van der Waals surface area contributed by atoms with Gasteiger partial charge >= 0.3 is 0 Å². The molecule has 1 fully saturated rings. The summed E-state index contributed by atoms with van der Waals surface area (Å²) in [4.78, 5) is 14.8. The molecule has 188 valence electrons. The molecule has 7 nitrogen and oxygen atoms in total. The standard InChI is InChI=1S/C28H30ClN3O4/c1-2-35-27-17-22(8-11-26(27)36-20-23-4-3-5-25(29)16-23)18-30-31-28(33)24-9-6-21(7-10-24)19-32-12-14-34-15-13-32/h3-11,16-18H,2,12-15,19-20H2,1H3,(H,31,33)/b30-18-. The molecule has 0 bridgehead atoms. The summed E-state index contributed by atoms with van der Waals surface area (Å²) in [6, 6.07) is 20.6. The number of hydrazone groups is 1. The van der Waals surface area contributed by atoms with Crippen molar-refractivity contribution in [3.05, 3.63) is 94.0 Å². The topological polar surface area (TPSA) is 72.4 Å². The summed E-state index contributed by atoms with van der Waals surface area (Å²) in [5.74, 6) is 0.955. The van der Waals surface area contributed by atoms with Gasteiger partial charge in [0.25, 0.3) is 5.91 Å². The first-order chi connectivity index (χ1) is 17.6. The molecule has 36 heavy (non-hydrogen) atoms. The normalized spacial score (nSPS) is 14.1. The average molecular weight is 508 g/mol. The van der Waals surface area contributed by atoms with Crippen LogP contribution in [0.25, 0.3) is 0 Å². The highest BCUT2D eigenvalue weighted by molar-refractivity contribution is 6.30. The first-order valence-corrected chi connectivity index (χ1v) is 12.3. The summed E-state index contributed by atoms with van der Waals surface area (Å²) in [5, 5.41) is 4.78. The van der Waals surface area contributed by atoms with E-state index in [9.17, 15) is 4.79 Å². The monoisotopic (exact) mass is 507 g/mol. The minimum atomic E-state index is -0.268. The van der Waals surface area contributed by atoms with Crippen molar-refractivity contribution in [3.8, 4) is 11.5 Å². The largest absolute Gasteiger partial charge is 0.490 e. The van der Waals surface area contributed by atoms with Gasteiger partial charge in [-0.1, -0.05) is 35.9 Å². The van der Waals surface area contributed by atoms with Crippen LogP contribution in [0.3, 0.4) is 0 Å². The molecule has 4 rings (SSSR count). The van der Waals surface area contributed by atoms with Crippen LogP contribution in [0.5, 0.6) is 11.5 Å². The molecule has 1 heterocycles. The maximum absolute atomic E-state index is 12.5. The van der Waals surface area contributed by atoms with E-state index in [0.717, 1.165) is 49.5 Å². The van der Waals surface area contributed by atoms with E-state index in [1.165, 1.54) is 0 Å². The van der Waals surface area contributed by atoms with Crippen LogP contribution in [-0.4, -0.2) is 49.9 Å². The number of halogens is 1. The highest BCUT2D eigenvalue weighted by atomic mass is 35.5. The number of rotatable bonds is 10. The van der Waals surface area contributed by atoms with Crippen molar-refractivity contribution in [3.63, 3.8) is 0 Å². The molecule has 8 heteroatoms. The van der Waals surface area contributed by atoms with E-state index in [-0.39, 0.29) is 5.91 Å². The summed E-state index contributed by atoms with van der Waals surface area (Å²) in [6.45, 7) is 7.01. The van der Waals surface area contributed by atoms with E-state index in [1.807, 2.05) is 73.7 Å². The SMILES string of the molecule is CCOc1cc(/C=N\NC(=O)c2ccc(CN3CCOCC3)cc2)ccc1OCc1cccc(Cl)c1. The molecular weight excluding hydrogens is 478 g/mol. The molecule has 0 aliphatic carbocycles. The first kappa shape index (κ1) is 25.7. The van der Waals surface area contributed by atoms with E-state index in [4.69, 9.17) is 25.8 Å². The number of ether oxygens (including phenoxy) is 3. The van der Waals surface area contributed by atoms with Gasteiger partial charge in [0.1, 0.15) is 6.61 Å². The predicted molar refractivity (Wildman–Crippen MR) is 141 cm³/mol. The van der Waals surface area contributed by atoms with Crippen LogP contribution in [0.1, 0.15) is 34.0 Å². The van der Waals surface area contributed by atoms with Crippen LogP contribution in [0.15, 0.2) is 71.8 Å². The molecular formula is C28H30ClN3O4. The number of carbonyl (C=O) groups is 1. The zero-order valence-electron chi connectivity index (χ0n) is 20.3. The Morgan fingerprint density at radius 3 is 2.58 bits per heavy atom. The smallest absolute Gasteiger partial charge is 0.271 e. The van der Waals surface area contributed by atoms with Crippen LogP contribution in [0.4, 0.5) is 0 Å². The second-order valence-electron chi connectivity index (χ2n) is 8.34. The average Bonchev–Trinajstić information content (AvgIpc) is 2.89. The van der Waals surface area contributed by atoms with E-state index in [1.54, 1.807) is 6.21 Å². The number of nitrogens with zero attached hydrogens (tertiary/aromatic N) is 2. The van der Waals surface area contributed by atoms with Crippen molar-refractivity contribution in [1.29, 1.82) is 0 Å². The van der Waals surface area contributed by atoms with Crippen LogP contribution < -0.4 is 14.9 Å². The summed E-state index contributed by atoms with van der Waals surface area (Å²) < 4.78 is 17.1. The molecule has 0 unspecified atom stereocenters. The molecule has 1 N–H and O–H groups in total. The van der Waals surface area contributed by atoms with Crippen LogP contribution in [0.2, 0.25) is 5.02 Å². The van der Waals surface area contributed by atoms with Gasteiger partial charge in [0.2, 0.25) is 0 Å².